The summed E-state index contributed by atoms with van der Waals surface area (Å²) in [5.74, 6) is -0.186. The number of piperazine rings is 1. The van der Waals surface area contributed by atoms with Crippen LogP contribution < -0.4 is 5.73 Å². The monoisotopic (exact) mass is 273 g/mol. The average Bonchev–Trinajstić information content (AvgIpc) is 2.34. The van der Waals surface area contributed by atoms with Crippen LogP contribution in [-0.4, -0.2) is 71.3 Å². The molecule has 0 unspecified atom stereocenters. The molecule has 0 aromatic rings. The van der Waals surface area contributed by atoms with Crippen LogP contribution in [0.2, 0.25) is 0 Å². The molecular weight excluding hydrogens is 250 g/mol. The number of nitrogens with zero attached hydrogens (tertiary/aromatic N) is 2. The molecule has 1 aliphatic heterocycles. The largest absolute Gasteiger partial charge is 0.465 e. The van der Waals surface area contributed by atoms with E-state index >= 15 is 0 Å². The minimum Gasteiger partial charge on any atom is -0.465 e. The van der Waals surface area contributed by atoms with Crippen molar-refractivity contribution < 1.29 is 19.4 Å². The molecule has 0 radical (unpaired) electrons. The van der Waals surface area contributed by atoms with E-state index in [4.69, 9.17) is 15.6 Å². The minimum absolute atomic E-state index is 0.168. The lowest BCUT2D eigenvalue weighted by atomic mass is 10.2. The van der Waals surface area contributed by atoms with Crippen LogP contribution in [0.4, 0.5) is 4.79 Å². The second-order valence-corrected chi connectivity index (χ2v) is 5.62. The van der Waals surface area contributed by atoms with Gasteiger partial charge in [0.2, 0.25) is 5.91 Å². The van der Waals surface area contributed by atoms with Gasteiger partial charge in [-0.15, -0.1) is 0 Å². The van der Waals surface area contributed by atoms with Crippen molar-refractivity contribution in [3.05, 3.63) is 0 Å². The van der Waals surface area contributed by atoms with E-state index in [1.807, 2.05) is 20.8 Å². The molecule has 2 amide bonds. The second kappa shape index (κ2) is 6.21. The molecule has 110 valence electrons. The molecule has 0 aliphatic carbocycles. The molecule has 0 saturated carbocycles. The minimum atomic E-state index is -0.951. The van der Waals surface area contributed by atoms with Crippen molar-refractivity contribution in [3.8, 4) is 0 Å². The second-order valence-electron chi connectivity index (χ2n) is 5.62. The van der Waals surface area contributed by atoms with Crippen LogP contribution in [0.3, 0.4) is 0 Å². The first kappa shape index (κ1) is 15.7. The van der Waals surface area contributed by atoms with E-state index in [1.54, 1.807) is 4.90 Å². The van der Waals surface area contributed by atoms with Gasteiger partial charge in [-0.05, 0) is 20.8 Å². The summed E-state index contributed by atoms with van der Waals surface area (Å²) in [6.07, 6.45) is -0.951. The summed E-state index contributed by atoms with van der Waals surface area (Å²) in [4.78, 5) is 25.7. The topological polar surface area (TPSA) is 96.1 Å². The van der Waals surface area contributed by atoms with Crippen LogP contribution in [0.15, 0.2) is 0 Å². The van der Waals surface area contributed by atoms with Crippen LogP contribution >= 0.6 is 0 Å². The fourth-order valence-electron chi connectivity index (χ4n) is 1.76. The van der Waals surface area contributed by atoms with Crippen molar-refractivity contribution in [1.82, 2.24) is 9.80 Å². The van der Waals surface area contributed by atoms with Crippen molar-refractivity contribution in [3.63, 3.8) is 0 Å². The van der Waals surface area contributed by atoms with Crippen LogP contribution in [0.1, 0.15) is 20.8 Å². The van der Waals surface area contributed by atoms with E-state index in [0.717, 1.165) is 0 Å². The highest BCUT2D eigenvalue weighted by Crippen LogP contribution is 2.09. The summed E-state index contributed by atoms with van der Waals surface area (Å²) in [6.45, 7) is 7.29. The maximum Gasteiger partial charge on any atom is 0.407 e. The highest BCUT2D eigenvalue weighted by molar-refractivity contribution is 5.82. The quantitative estimate of drug-likeness (QED) is 0.751. The third-order valence-electron chi connectivity index (χ3n) is 2.87. The summed E-state index contributed by atoms with van der Waals surface area (Å²) in [6, 6.07) is -0.699. The number of ether oxygens (including phenoxy) is 1. The lowest BCUT2D eigenvalue weighted by molar-refractivity contribution is -0.137. The Balaban J connectivity index is 2.40. The van der Waals surface area contributed by atoms with Crippen molar-refractivity contribution in [2.45, 2.75) is 32.4 Å². The first-order valence-corrected chi connectivity index (χ1v) is 6.37. The third kappa shape index (κ3) is 5.04. The molecule has 0 bridgehead atoms. The number of carbonyl (C=O) groups excluding carboxylic acids is 1. The standard InChI is InChI=1S/C12H23N3O4/c1-12(2,3)19-8-9(13)10(16)14-4-6-15(7-5-14)11(17)18/h9H,4-8,13H2,1-3H3,(H,17,18)/t9-/m0/s1. The van der Waals surface area contributed by atoms with E-state index in [9.17, 15) is 9.59 Å². The Morgan fingerprint density at radius 1 is 1.21 bits per heavy atom. The van der Waals surface area contributed by atoms with Crippen LogP contribution in [0.25, 0.3) is 0 Å². The first-order valence-electron chi connectivity index (χ1n) is 6.37. The predicted octanol–water partition coefficient (Wildman–Crippen LogP) is -0.0490. The van der Waals surface area contributed by atoms with E-state index in [0.29, 0.717) is 26.2 Å². The number of hydrogen-bond acceptors (Lipinski definition) is 4. The maximum atomic E-state index is 12.0. The van der Waals surface area contributed by atoms with Crippen LogP contribution in [0.5, 0.6) is 0 Å². The number of amides is 2. The van der Waals surface area contributed by atoms with Gasteiger partial charge in [0.1, 0.15) is 6.04 Å². The number of rotatable bonds is 3. The summed E-state index contributed by atoms with van der Waals surface area (Å²) >= 11 is 0. The smallest absolute Gasteiger partial charge is 0.407 e. The van der Waals surface area contributed by atoms with Crippen molar-refractivity contribution in [2.75, 3.05) is 32.8 Å². The number of nitrogens with two attached hydrogens (primary N) is 1. The molecule has 1 heterocycles. The summed E-state index contributed by atoms with van der Waals surface area (Å²) < 4.78 is 5.49. The molecule has 19 heavy (non-hydrogen) atoms. The number of carboxylic acid groups (broad SMARTS) is 1. The van der Waals surface area contributed by atoms with Crippen molar-refractivity contribution in [1.29, 1.82) is 0 Å². The molecule has 7 heteroatoms. The zero-order valence-corrected chi connectivity index (χ0v) is 11.8. The van der Waals surface area contributed by atoms with Crippen LogP contribution in [0, 0.1) is 0 Å². The highest BCUT2D eigenvalue weighted by Gasteiger charge is 2.27. The SMILES string of the molecule is CC(C)(C)OC[C@H](N)C(=O)N1CCN(C(=O)O)CC1. The zero-order chi connectivity index (χ0) is 14.6. The van der Waals surface area contributed by atoms with Crippen molar-refractivity contribution in [2.24, 2.45) is 5.73 Å². The lowest BCUT2D eigenvalue weighted by Gasteiger charge is -2.34. The van der Waals surface area contributed by atoms with E-state index in [-0.39, 0.29) is 18.1 Å². The Hall–Kier alpha value is -1.34. The first-order chi connectivity index (χ1) is 8.70. The van der Waals surface area contributed by atoms with Gasteiger partial charge in [0, 0.05) is 26.2 Å². The summed E-state index contributed by atoms with van der Waals surface area (Å²) in [5.41, 5.74) is 5.47. The lowest BCUT2D eigenvalue weighted by Crippen LogP contribution is -2.55. The predicted molar refractivity (Wildman–Crippen MR) is 69.9 cm³/mol. The maximum absolute atomic E-state index is 12.0. The Morgan fingerprint density at radius 3 is 2.11 bits per heavy atom. The van der Waals surface area contributed by atoms with Gasteiger partial charge in [-0.1, -0.05) is 0 Å². The fourth-order valence-corrected chi connectivity index (χ4v) is 1.76. The van der Waals surface area contributed by atoms with Gasteiger partial charge in [-0.25, -0.2) is 4.79 Å². The van der Waals surface area contributed by atoms with Gasteiger partial charge in [-0.3, -0.25) is 4.79 Å². The third-order valence-corrected chi connectivity index (χ3v) is 2.87. The summed E-state index contributed by atoms with van der Waals surface area (Å²) in [7, 11) is 0. The van der Waals surface area contributed by atoms with Gasteiger partial charge in [-0.2, -0.15) is 0 Å². The Kier molecular flexibility index (Phi) is 5.13. The molecule has 1 aliphatic rings. The molecule has 0 aromatic heterocycles. The van der Waals surface area contributed by atoms with Crippen LogP contribution in [-0.2, 0) is 9.53 Å². The van der Waals surface area contributed by atoms with Gasteiger partial charge < -0.3 is 25.4 Å². The summed E-state index contributed by atoms with van der Waals surface area (Å²) in [5, 5.41) is 8.82. The Labute approximate surface area is 113 Å². The van der Waals surface area contributed by atoms with Gasteiger partial charge >= 0.3 is 6.09 Å². The molecule has 1 atom stereocenters. The van der Waals surface area contributed by atoms with Gasteiger partial charge in [0.15, 0.2) is 0 Å². The highest BCUT2D eigenvalue weighted by atomic mass is 16.5. The van der Waals surface area contributed by atoms with E-state index in [1.165, 1.54) is 4.90 Å². The number of carbonyl (C=O) groups is 2. The van der Waals surface area contributed by atoms with Gasteiger partial charge in [0.25, 0.3) is 0 Å². The molecule has 3 N–H and O–H groups in total. The van der Waals surface area contributed by atoms with Crippen molar-refractivity contribution >= 4 is 12.0 Å². The Bertz CT molecular complexity index is 332. The molecule has 1 rings (SSSR count). The fraction of sp³-hybridized carbons (Fsp3) is 0.833. The van der Waals surface area contributed by atoms with E-state index in [2.05, 4.69) is 0 Å². The van der Waals surface area contributed by atoms with Gasteiger partial charge in [0.05, 0.1) is 12.2 Å². The van der Waals surface area contributed by atoms with E-state index < -0.39 is 12.1 Å². The molecule has 7 nitrogen and oxygen atoms in total. The molecular formula is C12H23N3O4. The molecule has 1 saturated heterocycles. The average molecular weight is 273 g/mol. The molecule has 1 fully saturated rings. The molecule has 0 spiro atoms. The molecule has 0 aromatic carbocycles. The number of hydrogen-bond donors (Lipinski definition) is 2. The zero-order valence-electron chi connectivity index (χ0n) is 11.8. The normalized spacial score (nSPS) is 18.3. The Morgan fingerprint density at radius 2 is 1.68 bits per heavy atom.